The van der Waals surface area contributed by atoms with Crippen molar-refractivity contribution in [3.8, 4) is 5.75 Å². The van der Waals surface area contributed by atoms with Crippen molar-refractivity contribution in [2.45, 2.75) is 13.5 Å². The number of nitrogens with zero attached hydrogens (tertiary/aromatic N) is 1. The number of hydrogen-bond donors (Lipinski definition) is 1. The number of Topliss-reactive ketones (excluding diaryl/α,β-unsaturated/α-hetero) is 1. The average Bonchev–Trinajstić information content (AvgIpc) is 2.29. The predicted octanol–water partition coefficient (Wildman–Crippen LogP) is 2.61. The number of carbonyl (C=O) groups is 2. The van der Waals surface area contributed by atoms with Gasteiger partial charge in [-0.2, -0.15) is 13.9 Å². The van der Waals surface area contributed by atoms with Gasteiger partial charge in [0.15, 0.2) is 17.2 Å². The van der Waals surface area contributed by atoms with Crippen molar-refractivity contribution in [1.82, 2.24) is 0 Å². The fraction of sp³-hybridized carbons (Fsp3) is 0.182. The average molecular weight is 382 g/mol. The number of hydrogen-bond acceptors (Lipinski definition) is 5. The van der Waals surface area contributed by atoms with Gasteiger partial charge in [-0.05, 0) is 12.1 Å². The Morgan fingerprint density at radius 3 is 2.53 bits per heavy atom. The number of hydrazone groups is 1. The van der Waals surface area contributed by atoms with Crippen LogP contribution in [0.4, 0.5) is 14.5 Å². The van der Waals surface area contributed by atoms with Crippen LogP contribution in [0.1, 0.15) is 6.92 Å². The highest BCUT2D eigenvalue weighted by molar-refractivity contribution is 14.1. The third kappa shape index (κ3) is 4.89. The summed E-state index contributed by atoms with van der Waals surface area (Å²) in [6, 6.07) is 5.80. The molecule has 1 N–H and O–H groups in total. The fourth-order valence-electron chi connectivity index (χ4n) is 1.13. The largest absolute Gasteiger partial charge is 0.433 e. The molecule has 0 fully saturated rings. The number of benzene rings is 1. The lowest BCUT2D eigenvalue weighted by molar-refractivity contribution is -0.112. The van der Waals surface area contributed by atoms with Crippen LogP contribution < -0.4 is 10.2 Å². The zero-order chi connectivity index (χ0) is 14.4. The maximum Gasteiger partial charge on any atom is 0.387 e. The highest BCUT2D eigenvalue weighted by Crippen LogP contribution is 2.25. The van der Waals surface area contributed by atoms with E-state index in [-0.39, 0.29) is 17.1 Å². The molecule has 0 amide bonds. The number of carbonyl (C=O) groups excluding carboxylic acids is 2. The molecule has 0 unspecified atom stereocenters. The zero-order valence-electron chi connectivity index (χ0n) is 9.69. The highest BCUT2D eigenvalue weighted by atomic mass is 127. The molecule has 102 valence electrons. The van der Waals surface area contributed by atoms with Gasteiger partial charge in [-0.1, -0.05) is 12.1 Å². The molecular formula is C11H9F2IN2O3. The fourth-order valence-corrected chi connectivity index (χ4v) is 1.64. The van der Waals surface area contributed by atoms with Crippen molar-refractivity contribution >= 4 is 43.6 Å². The summed E-state index contributed by atoms with van der Waals surface area (Å²) in [5, 5.41) is 3.60. The molecule has 0 saturated carbocycles. The van der Waals surface area contributed by atoms with Gasteiger partial charge in [0.2, 0.25) is 3.79 Å². The van der Waals surface area contributed by atoms with Crippen LogP contribution in [0.3, 0.4) is 0 Å². The molecule has 1 aromatic rings. The van der Waals surface area contributed by atoms with Crippen LogP contribution in [-0.4, -0.2) is 21.9 Å². The van der Waals surface area contributed by atoms with E-state index in [2.05, 4.69) is 15.3 Å². The molecule has 1 aromatic carbocycles. The van der Waals surface area contributed by atoms with E-state index in [4.69, 9.17) is 0 Å². The Balaban J connectivity index is 2.96. The summed E-state index contributed by atoms with van der Waals surface area (Å²) in [5.41, 5.74) is 2.18. The number of anilines is 1. The van der Waals surface area contributed by atoms with E-state index in [1.807, 2.05) is 0 Å². The monoisotopic (exact) mass is 382 g/mol. The molecule has 0 bridgehead atoms. The lowest BCUT2D eigenvalue weighted by Crippen LogP contribution is -2.18. The molecule has 0 radical (unpaired) electrons. The van der Waals surface area contributed by atoms with Gasteiger partial charge in [-0.25, -0.2) is 0 Å². The minimum Gasteiger partial charge on any atom is -0.433 e. The van der Waals surface area contributed by atoms with E-state index in [0.717, 1.165) is 0 Å². The Hall–Kier alpha value is -1.58. The molecule has 0 aliphatic rings. The van der Waals surface area contributed by atoms with E-state index in [1.54, 1.807) is 6.07 Å². The standard InChI is InChI=1S/C11H9F2IN2O3/c1-6(17)9(10(14)18)16-15-7-4-2-3-5-8(7)19-11(12)13/h2-5,11,15H,1H3/b16-9+. The first-order valence-corrected chi connectivity index (χ1v) is 6.08. The summed E-state index contributed by atoms with van der Waals surface area (Å²) in [6.07, 6.45) is 0. The lowest BCUT2D eigenvalue weighted by atomic mass is 10.3. The number of ether oxygens (including phenoxy) is 1. The van der Waals surface area contributed by atoms with Crippen LogP contribution in [0.15, 0.2) is 29.4 Å². The Morgan fingerprint density at radius 1 is 1.37 bits per heavy atom. The molecule has 0 aliphatic carbocycles. The van der Waals surface area contributed by atoms with Crippen molar-refractivity contribution in [2.75, 3.05) is 5.43 Å². The highest BCUT2D eigenvalue weighted by Gasteiger charge is 2.14. The van der Waals surface area contributed by atoms with Crippen molar-refractivity contribution in [3.63, 3.8) is 0 Å². The van der Waals surface area contributed by atoms with E-state index in [9.17, 15) is 18.4 Å². The van der Waals surface area contributed by atoms with Gasteiger partial charge >= 0.3 is 6.61 Å². The SMILES string of the molecule is CC(=O)/C(=N\Nc1ccccc1OC(F)F)C(=O)I. The van der Waals surface area contributed by atoms with Gasteiger partial charge in [-0.3, -0.25) is 15.0 Å². The Labute approximate surface area is 121 Å². The van der Waals surface area contributed by atoms with Gasteiger partial charge in [0.1, 0.15) is 0 Å². The molecule has 8 heteroatoms. The first kappa shape index (κ1) is 15.5. The third-order valence-corrected chi connectivity index (χ3v) is 2.42. The summed E-state index contributed by atoms with van der Waals surface area (Å²) in [6.45, 7) is -1.80. The van der Waals surface area contributed by atoms with E-state index < -0.39 is 16.2 Å². The molecule has 0 aromatic heterocycles. The molecule has 0 atom stereocenters. The van der Waals surface area contributed by atoms with Crippen LogP contribution in [0, 0.1) is 0 Å². The number of para-hydroxylation sites is 2. The summed E-state index contributed by atoms with van der Waals surface area (Å²) in [7, 11) is 0. The Bertz CT molecular complexity index is 504. The molecule has 5 nitrogen and oxygen atoms in total. The maximum atomic E-state index is 12.2. The maximum absolute atomic E-state index is 12.2. The van der Waals surface area contributed by atoms with Crippen molar-refractivity contribution in [2.24, 2.45) is 5.10 Å². The smallest absolute Gasteiger partial charge is 0.387 e. The van der Waals surface area contributed by atoms with Crippen LogP contribution in [0.2, 0.25) is 0 Å². The topological polar surface area (TPSA) is 67.8 Å². The lowest BCUT2D eigenvalue weighted by Gasteiger charge is -2.09. The minimum absolute atomic E-state index is 0.124. The van der Waals surface area contributed by atoms with Gasteiger partial charge in [0, 0.05) is 29.5 Å². The normalized spacial score (nSPS) is 11.3. The van der Waals surface area contributed by atoms with Crippen molar-refractivity contribution < 1.29 is 23.1 Å². The molecule has 19 heavy (non-hydrogen) atoms. The van der Waals surface area contributed by atoms with Gasteiger partial charge in [-0.15, -0.1) is 0 Å². The van der Waals surface area contributed by atoms with Crippen molar-refractivity contribution in [3.05, 3.63) is 24.3 Å². The van der Waals surface area contributed by atoms with Crippen LogP contribution in [0.25, 0.3) is 0 Å². The molecule has 0 aliphatic heterocycles. The first-order chi connectivity index (χ1) is 8.91. The van der Waals surface area contributed by atoms with Crippen LogP contribution in [0.5, 0.6) is 5.75 Å². The van der Waals surface area contributed by atoms with E-state index >= 15 is 0 Å². The molecule has 0 heterocycles. The van der Waals surface area contributed by atoms with E-state index in [1.165, 1.54) is 47.7 Å². The molecule has 0 saturated heterocycles. The third-order valence-electron chi connectivity index (χ3n) is 1.91. The Kier molecular flexibility index (Phi) is 5.80. The molecule has 0 spiro atoms. The van der Waals surface area contributed by atoms with Gasteiger partial charge < -0.3 is 4.74 Å². The number of halogens is 3. The number of ketones is 1. The molecular weight excluding hydrogens is 373 g/mol. The molecule has 1 rings (SSSR count). The second-order valence-corrected chi connectivity index (χ2v) is 4.26. The van der Waals surface area contributed by atoms with E-state index in [0.29, 0.717) is 0 Å². The number of alkyl halides is 2. The number of nitrogens with one attached hydrogen (secondary N) is 1. The van der Waals surface area contributed by atoms with Crippen LogP contribution in [-0.2, 0) is 9.59 Å². The summed E-state index contributed by atoms with van der Waals surface area (Å²) in [5.74, 6) is -0.663. The summed E-state index contributed by atoms with van der Waals surface area (Å²) in [4.78, 5) is 22.2. The van der Waals surface area contributed by atoms with Crippen molar-refractivity contribution in [1.29, 1.82) is 0 Å². The van der Waals surface area contributed by atoms with Gasteiger partial charge in [0.25, 0.3) is 0 Å². The zero-order valence-corrected chi connectivity index (χ0v) is 11.9. The number of rotatable bonds is 6. The summed E-state index contributed by atoms with van der Waals surface area (Å²) >= 11 is 1.41. The van der Waals surface area contributed by atoms with Gasteiger partial charge in [0.05, 0.1) is 5.69 Å². The first-order valence-electron chi connectivity index (χ1n) is 5.00. The quantitative estimate of drug-likeness (QED) is 0.270. The van der Waals surface area contributed by atoms with Crippen LogP contribution >= 0.6 is 22.6 Å². The summed E-state index contributed by atoms with van der Waals surface area (Å²) < 4.78 is 28.0. The second kappa shape index (κ2) is 7.12. The minimum atomic E-state index is -2.98. The Morgan fingerprint density at radius 2 is 2.00 bits per heavy atom. The second-order valence-electron chi connectivity index (χ2n) is 3.28. The predicted molar refractivity (Wildman–Crippen MR) is 73.8 cm³/mol.